The zero-order valence-corrected chi connectivity index (χ0v) is 20.0. The fraction of sp³-hybridized carbons (Fsp3) is 0.259. The third-order valence-corrected chi connectivity index (χ3v) is 7.15. The number of aliphatic hydroxyl groups is 1. The van der Waals surface area contributed by atoms with Gasteiger partial charge in [0.2, 0.25) is 0 Å². The van der Waals surface area contributed by atoms with Gasteiger partial charge in [0.15, 0.2) is 11.4 Å². The number of benzene rings is 3. The number of hydrogen-bond acceptors (Lipinski definition) is 7. The van der Waals surface area contributed by atoms with Crippen molar-refractivity contribution in [3.05, 3.63) is 101 Å². The van der Waals surface area contributed by atoms with Gasteiger partial charge in [0.1, 0.15) is 6.33 Å². The number of ether oxygens (including phenoxy) is 2. The summed E-state index contributed by atoms with van der Waals surface area (Å²) in [6.45, 7) is 0.516. The van der Waals surface area contributed by atoms with Gasteiger partial charge in [-0.2, -0.15) is 5.10 Å². The predicted molar refractivity (Wildman–Crippen MR) is 135 cm³/mol. The van der Waals surface area contributed by atoms with E-state index in [4.69, 9.17) is 15.2 Å². The lowest BCUT2D eigenvalue weighted by atomic mass is 9.98. The maximum absolute atomic E-state index is 9.39. The zero-order chi connectivity index (χ0) is 24.0. The number of aliphatic hydroxyl groups excluding tert-OH is 1. The minimum Gasteiger partial charge on any atom is -0.392 e. The number of aromatic nitrogens is 3. The minimum absolute atomic E-state index is 0.0214. The van der Waals surface area contributed by atoms with E-state index in [-0.39, 0.29) is 18.8 Å². The van der Waals surface area contributed by atoms with E-state index in [2.05, 4.69) is 51.6 Å². The molecule has 2 heterocycles. The fourth-order valence-electron chi connectivity index (χ4n) is 4.26. The van der Waals surface area contributed by atoms with Crippen LogP contribution < -0.4 is 5.73 Å². The monoisotopic (exact) mass is 488 g/mol. The second kappa shape index (κ2) is 11.2. The third-order valence-electron chi connectivity index (χ3n) is 6.14. The van der Waals surface area contributed by atoms with Crippen LogP contribution in [0.15, 0.2) is 84.3 Å². The van der Waals surface area contributed by atoms with Crippen LogP contribution in [0.25, 0.3) is 11.1 Å². The summed E-state index contributed by atoms with van der Waals surface area (Å²) in [6.07, 6.45) is 1.57. The van der Waals surface area contributed by atoms with Crippen molar-refractivity contribution < 1.29 is 14.6 Å². The fourth-order valence-corrected chi connectivity index (χ4v) is 5.06. The first-order chi connectivity index (χ1) is 17.2. The van der Waals surface area contributed by atoms with Crippen LogP contribution in [0.3, 0.4) is 0 Å². The first-order valence-corrected chi connectivity index (χ1v) is 12.6. The van der Waals surface area contributed by atoms with Gasteiger partial charge < -0.3 is 20.3 Å². The van der Waals surface area contributed by atoms with Crippen molar-refractivity contribution in [1.82, 2.24) is 15.2 Å². The summed E-state index contributed by atoms with van der Waals surface area (Å²) in [5.74, 6) is 0.724. The Morgan fingerprint density at radius 2 is 1.74 bits per heavy atom. The van der Waals surface area contributed by atoms with Crippen molar-refractivity contribution >= 4 is 11.8 Å². The van der Waals surface area contributed by atoms with Crippen LogP contribution in [0.5, 0.6) is 0 Å². The molecule has 35 heavy (non-hydrogen) atoms. The maximum atomic E-state index is 9.39. The molecule has 0 spiro atoms. The first-order valence-electron chi connectivity index (χ1n) is 11.6. The van der Waals surface area contributed by atoms with Gasteiger partial charge in [0.25, 0.3) is 0 Å². The number of hydrogen-bond donors (Lipinski definition) is 3. The molecule has 1 fully saturated rings. The lowest BCUT2D eigenvalue weighted by molar-refractivity contribution is -0.245. The molecule has 4 N–H and O–H groups in total. The smallest absolute Gasteiger partial charge is 0.184 e. The molecule has 1 aliphatic heterocycles. The van der Waals surface area contributed by atoms with Crippen LogP contribution in [0, 0.1) is 0 Å². The summed E-state index contributed by atoms with van der Waals surface area (Å²) in [5.41, 5.74) is 12.2. The quantitative estimate of drug-likeness (QED) is 0.307. The molecule has 8 heteroatoms. The molecule has 5 rings (SSSR count). The SMILES string of the molecule is NCc1ccccc1-c1ccc([C@@H]2O[C@H](CSc3ncn[nH]3)C[C@H](c3ccc(CO)cc3)O2)cc1. The second-order valence-corrected chi connectivity index (χ2v) is 9.44. The van der Waals surface area contributed by atoms with Crippen LogP contribution >= 0.6 is 11.8 Å². The molecule has 0 bridgehead atoms. The van der Waals surface area contributed by atoms with Crippen LogP contribution in [0.2, 0.25) is 0 Å². The number of nitrogens with two attached hydrogens (primary N) is 1. The number of thioether (sulfide) groups is 1. The highest BCUT2D eigenvalue weighted by molar-refractivity contribution is 7.99. The van der Waals surface area contributed by atoms with Crippen molar-refractivity contribution in [3.63, 3.8) is 0 Å². The van der Waals surface area contributed by atoms with E-state index in [1.165, 1.54) is 6.33 Å². The Hall–Kier alpha value is -3.01. The molecule has 0 saturated carbocycles. The molecule has 1 aromatic heterocycles. The Balaban J connectivity index is 1.37. The Bertz CT molecular complexity index is 1220. The number of nitrogens with one attached hydrogen (secondary N) is 1. The first kappa shape index (κ1) is 23.7. The molecule has 180 valence electrons. The third kappa shape index (κ3) is 5.63. The summed E-state index contributed by atoms with van der Waals surface area (Å²) in [5, 5.41) is 17.0. The predicted octanol–water partition coefficient (Wildman–Crippen LogP) is 4.76. The number of aromatic amines is 1. The van der Waals surface area contributed by atoms with Crippen molar-refractivity contribution in [2.75, 3.05) is 5.75 Å². The molecule has 0 radical (unpaired) electrons. The molecule has 4 aromatic rings. The average molecular weight is 489 g/mol. The Morgan fingerprint density at radius 1 is 0.971 bits per heavy atom. The molecular weight excluding hydrogens is 460 g/mol. The maximum Gasteiger partial charge on any atom is 0.184 e. The molecule has 1 aliphatic rings. The van der Waals surface area contributed by atoms with Crippen molar-refractivity contribution in [2.24, 2.45) is 5.73 Å². The minimum atomic E-state index is -0.495. The van der Waals surface area contributed by atoms with E-state index in [0.29, 0.717) is 6.54 Å². The standard InChI is InChI=1S/C27H28N4O3S/c28-14-22-3-1-2-4-24(22)19-9-11-21(12-10-19)26-33-23(16-35-27-29-17-30-31-27)13-25(34-26)20-7-5-18(15-32)6-8-20/h1-12,17,23,25-26,32H,13-16,28H2,(H,29,30,31)/t23-,25+,26+/m0/s1. The number of rotatable bonds is 8. The van der Waals surface area contributed by atoms with Crippen LogP contribution in [-0.4, -0.2) is 32.1 Å². The topological polar surface area (TPSA) is 106 Å². The molecular formula is C27H28N4O3S. The second-order valence-electron chi connectivity index (χ2n) is 8.44. The van der Waals surface area contributed by atoms with Gasteiger partial charge in [-0.3, -0.25) is 5.10 Å². The molecule has 0 amide bonds. The number of nitrogens with zero attached hydrogens (tertiary/aromatic N) is 2. The van der Waals surface area contributed by atoms with E-state index in [1.807, 2.05) is 36.4 Å². The lowest BCUT2D eigenvalue weighted by Gasteiger charge is -2.36. The van der Waals surface area contributed by atoms with E-state index < -0.39 is 6.29 Å². The summed E-state index contributed by atoms with van der Waals surface area (Å²) in [6, 6.07) is 24.4. The van der Waals surface area contributed by atoms with Crippen molar-refractivity contribution in [2.45, 2.75) is 43.2 Å². The average Bonchev–Trinajstić information content (AvgIpc) is 3.46. The van der Waals surface area contributed by atoms with Gasteiger partial charge >= 0.3 is 0 Å². The largest absolute Gasteiger partial charge is 0.392 e. The highest BCUT2D eigenvalue weighted by Gasteiger charge is 2.32. The van der Waals surface area contributed by atoms with Crippen LogP contribution in [0.4, 0.5) is 0 Å². The van der Waals surface area contributed by atoms with Gasteiger partial charge in [-0.15, -0.1) is 0 Å². The molecule has 7 nitrogen and oxygen atoms in total. The van der Waals surface area contributed by atoms with Crippen molar-refractivity contribution in [3.8, 4) is 11.1 Å². The molecule has 0 aliphatic carbocycles. The summed E-state index contributed by atoms with van der Waals surface area (Å²) >= 11 is 1.58. The van der Waals surface area contributed by atoms with Gasteiger partial charge in [0, 0.05) is 24.3 Å². The summed E-state index contributed by atoms with van der Waals surface area (Å²) in [7, 11) is 0. The van der Waals surface area contributed by atoms with Gasteiger partial charge in [-0.1, -0.05) is 84.6 Å². The Morgan fingerprint density at radius 3 is 2.46 bits per heavy atom. The lowest BCUT2D eigenvalue weighted by Crippen LogP contribution is -2.31. The van der Waals surface area contributed by atoms with E-state index >= 15 is 0 Å². The van der Waals surface area contributed by atoms with E-state index in [9.17, 15) is 5.11 Å². The highest BCUT2D eigenvalue weighted by Crippen LogP contribution is 2.39. The molecule has 3 aromatic carbocycles. The van der Waals surface area contributed by atoms with Crippen LogP contribution in [-0.2, 0) is 22.6 Å². The molecule has 0 unspecified atom stereocenters. The highest BCUT2D eigenvalue weighted by atomic mass is 32.2. The normalized spacial score (nSPS) is 20.1. The van der Waals surface area contributed by atoms with Crippen LogP contribution in [0.1, 0.15) is 41.1 Å². The van der Waals surface area contributed by atoms with E-state index in [0.717, 1.165) is 50.7 Å². The van der Waals surface area contributed by atoms with Gasteiger partial charge in [-0.25, -0.2) is 4.98 Å². The molecule has 1 saturated heterocycles. The van der Waals surface area contributed by atoms with Gasteiger partial charge in [0.05, 0.1) is 18.8 Å². The summed E-state index contributed by atoms with van der Waals surface area (Å²) < 4.78 is 12.8. The molecule has 3 atom stereocenters. The summed E-state index contributed by atoms with van der Waals surface area (Å²) in [4.78, 5) is 4.20. The Kier molecular flexibility index (Phi) is 7.56. The Labute approximate surface area is 208 Å². The van der Waals surface area contributed by atoms with E-state index in [1.54, 1.807) is 11.8 Å². The van der Waals surface area contributed by atoms with Gasteiger partial charge in [-0.05, 0) is 27.8 Å². The number of H-pyrrole nitrogens is 1. The van der Waals surface area contributed by atoms with Crippen molar-refractivity contribution in [1.29, 1.82) is 0 Å². The zero-order valence-electron chi connectivity index (χ0n) is 19.2.